The van der Waals surface area contributed by atoms with Gasteiger partial charge in [-0.15, -0.1) is 11.8 Å². The van der Waals surface area contributed by atoms with Crippen LogP contribution >= 0.6 is 11.8 Å². The molecule has 5 heterocycles. The van der Waals surface area contributed by atoms with Crippen LogP contribution in [-0.4, -0.2) is 84.9 Å². The van der Waals surface area contributed by atoms with Gasteiger partial charge in [-0.3, -0.25) is 9.80 Å². The Morgan fingerprint density at radius 2 is 1.79 bits per heavy atom. The summed E-state index contributed by atoms with van der Waals surface area (Å²) in [5.74, 6) is 1.94. The average Bonchev–Trinajstić information content (AvgIpc) is 3.50. The first-order chi connectivity index (χ1) is 22.8. The lowest BCUT2D eigenvalue weighted by molar-refractivity contribution is -0.151. The summed E-state index contributed by atoms with van der Waals surface area (Å²) >= 11 is 1.60. The maximum absolute atomic E-state index is 13.7. The van der Waals surface area contributed by atoms with Crippen molar-refractivity contribution in [2.24, 2.45) is 0 Å². The summed E-state index contributed by atoms with van der Waals surface area (Å²) in [5, 5.41) is 13.6. The fourth-order valence-electron chi connectivity index (χ4n) is 8.81. The molecule has 1 amide bonds. The first-order valence-electron chi connectivity index (χ1n) is 16.5. The van der Waals surface area contributed by atoms with Crippen molar-refractivity contribution in [1.29, 1.82) is 5.26 Å². The monoisotopic (exact) mass is 676 g/mol. The second-order valence-corrected chi connectivity index (χ2v) is 15.7. The largest absolute Gasteiger partial charge is 0.496 e. The predicted octanol–water partition coefficient (Wildman–Crippen LogP) is 5.11. The Balaban J connectivity index is 1.44. The molecule has 1 unspecified atom stereocenters. The third-order valence-corrected chi connectivity index (χ3v) is 12.2. The van der Waals surface area contributed by atoms with Gasteiger partial charge in [0.2, 0.25) is 6.79 Å². The van der Waals surface area contributed by atoms with E-state index in [1.807, 2.05) is 0 Å². The van der Waals surface area contributed by atoms with Gasteiger partial charge in [-0.25, -0.2) is 9.59 Å². The van der Waals surface area contributed by atoms with E-state index in [-0.39, 0.29) is 42.5 Å². The first-order valence-corrected chi connectivity index (χ1v) is 17.6. The topological polar surface area (TPSA) is 123 Å². The van der Waals surface area contributed by atoms with Crippen LogP contribution in [0.4, 0.5) is 4.79 Å². The molecule has 2 aromatic rings. The molecule has 2 fully saturated rings. The number of cyclic esters (lactones) is 1. The van der Waals surface area contributed by atoms with Crippen LogP contribution in [0.15, 0.2) is 6.07 Å². The summed E-state index contributed by atoms with van der Waals surface area (Å²) in [6.45, 7) is 13.8. The fraction of sp³-hybridized carbons (Fsp3) is 0.583. The van der Waals surface area contributed by atoms with E-state index in [9.17, 15) is 14.9 Å². The van der Waals surface area contributed by atoms with E-state index in [2.05, 4.69) is 62.0 Å². The van der Waals surface area contributed by atoms with Crippen molar-refractivity contribution in [2.75, 3.05) is 33.3 Å². The summed E-state index contributed by atoms with van der Waals surface area (Å²) in [5.41, 5.74) is 8.06. The molecular weight excluding hydrogens is 632 g/mol. The molecule has 12 heteroatoms. The van der Waals surface area contributed by atoms with E-state index >= 15 is 0 Å². The number of nitriles is 1. The van der Waals surface area contributed by atoms with Crippen LogP contribution in [0.5, 0.6) is 17.2 Å². The van der Waals surface area contributed by atoms with Gasteiger partial charge in [0.05, 0.1) is 25.3 Å². The minimum absolute atomic E-state index is 0.0189. The number of carbonyl (C=O) groups excluding carboxylic acids is 2. The number of benzene rings is 2. The number of esters is 1. The Labute approximate surface area is 286 Å². The number of thioether (sulfide) groups is 1. The highest BCUT2D eigenvalue weighted by Crippen LogP contribution is 2.61. The Morgan fingerprint density at radius 1 is 1.06 bits per heavy atom. The number of rotatable bonds is 2. The molecule has 5 aliphatic heterocycles. The first kappa shape index (κ1) is 32.9. The quantitative estimate of drug-likeness (QED) is 0.427. The van der Waals surface area contributed by atoms with Gasteiger partial charge in [-0.05, 0) is 101 Å². The number of ether oxygens (including phenoxy) is 5. The number of piperazine rings is 1. The second-order valence-electron chi connectivity index (χ2n) is 14.6. The number of hydrogen-bond donors (Lipinski definition) is 1. The van der Waals surface area contributed by atoms with Crippen molar-refractivity contribution < 1.29 is 33.3 Å². The molecule has 0 radical (unpaired) electrons. The van der Waals surface area contributed by atoms with Gasteiger partial charge in [0.25, 0.3) is 0 Å². The summed E-state index contributed by atoms with van der Waals surface area (Å²) in [6, 6.07) is 2.63. The molecule has 7 rings (SSSR count). The zero-order valence-corrected chi connectivity index (χ0v) is 29.9. The van der Waals surface area contributed by atoms with Crippen molar-refractivity contribution >= 4 is 23.8 Å². The molecule has 0 saturated carbocycles. The predicted molar refractivity (Wildman–Crippen MR) is 180 cm³/mol. The van der Waals surface area contributed by atoms with Crippen LogP contribution in [0.2, 0.25) is 0 Å². The summed E-state index contributed by atoms with van der Waals surface area (Å²) in [7, 11) is 3.85. The second kappa shape index (κ2) is 11.7. The average molecular weight is 677 g/mol. The van der Waals surface area contributed by atoms with Crippen LogP contribution in [0.25, 0.3) is 0 Å². The van der Waals surface area contributed by atoms with Crippen molar-refractivity contribution in [3.63, 3.8) is 0 Å². The molecule has 48 heavy (non-hydrogen) atoms. The molecule has 4 bridgehead atoms. The van der Waals surface area contributed by atoms with E-state index in [4.69, 9.17) is 23.7 Å². The number of alkyl carbamates (subject to hydrolysis) is 1. The zero-order valence-electron chi connectivity index (χ0n) is 29.1. The highest BCUT2D eigenvalue weighted by atomic mass is 32.2. The summed E-state index contributed by atoms with van der Waals surface area (Å²) in [6.07, 6.45) is 0.0351. The molecule has 0 aromatic heterocycles. The highest BCUT2D eigenvalue weighted by molar-refractivity contribution is 7.99. The van der Waals surface area contributed by atoms with Crippen LogP contribution in [-0.2, 0) is 20.7 Å². The number of methoxy groups -OCH3 is 1. The molecule has 2 aromatic carbocycles. The Hall–Kier alpha value is -3.66. The molecule has 0 spiro atoms. The van der Waals surface area contributed by atoms with Crippen molar-refractivity contribution in [1.82, 2.24) is 15.1 Å². The molecule has 256 valence electrons. The third-order valence-electron chi connectivity index (χ3n) is 10.8. The minimum atomic E-state index is -0.930. The summed E-state index contributed by atoms with van der Waals surface area (Å²) < 4.78 is 29.8. The van der Waals surface area contributed by atoms with E-state index in [0.29, 0.717) is 17.9 Å². The number of hydrogen-bond acceptors (Lipinski definition) is 11. The van der Waals surface area contributed by atoms with Gasteiger partial charge in [-0.1, -0.05) is 6.07 Å². The van der Waals surface area contributed by atoms with Crippen LogP contribution in [0.1, 0.15) is 82.6 Å². The number of nitrogens with zero attached hydrogens (tertiary/aromatic N) is 3. The van der Waals surface area contributed by atoms with Gasteiger partial charge < -0.3 is 29.0 Å². The number of nitrogens with one attached hydrogen (secondary N) is 1. The Kier molecular flexibility index (Phi) is 8.04. The zero-order chi connectivity index (χ0) is 34.4. The highest BCUT2D eigenvalue weighted by Gasteiger charge is 2.60. The number of fused-ring (bicyclic) bond motifs is 9. The fourth-order valence-corrected chi connectivity index (χ4v) is 10.4. The number of carbonyl (C=O) groups is 2. The van der Waals surface area contributed by atoms with Gasteiger partial charge >= 0.3 is 12.1 Å². The normalized spacial score (nSPS) is 29.2. The number of aryl methyl sites for hydroxylation is 1. The lowest BCUT2D eigenvalue weighted by Gasteiger charge is -2.62. The molecule has 2 saturated heterocycles. The van der Waals surface area contributed by atoms with E-state index in [1.54, 1.807) is 39.6 Å². The molecule has 7 atom stereocenters. The van der Waals surface area contributed by atoms with Gasteiger partial charge in [0.15, 0.2) is 11.5 Å². The van der Waals surface area contributed by atoms with E-state index in [0.717, 1.165) is 39.1 Å². The SMILES string of the molecule is COc1c(C)cc2c(c1C)[C@@H]1[C@@H]3[C@@H]4SCC(NC(=O)OC(C)(C)C)C(=O)OC[C@@H](c5c6c(c(C)c(C)c54)OCO6)N3[C@@H](C#N)[C@H](C2)N1C. The van der Waals surface area contributed by atoms with Gasteiger partial charge in [-0.2, -0.15) is 5.26 Å². The minimum Gasteiger partial charge on any atom is -0.496 e. The standard InChI is InChI=1S/C36H44N4O7S/c1-16-10-20-11-22-23(12-37)40-24-13-44-34(41)21(38-35(42)47-36(5,6)7)14-48-33(26-17(2)18(3)31-32(27(24)26)46-15-45-31)29(40)28(39(22)8)25(20)19(4)30(16)43-9/h10,21-24,28-29,33H,11,13-15H2,1-9H3,(H,38,42)/t21?,22-,23-,24-,28+,29+,33+/m0/s1. The van der Waals surface area contributed by atoms with Crippen LogP contribution < -0.4 is 19.5 Å². The van der Waals surface area contributed by atoms with E-state index in [1.165, 1.54) is 11.1 Å². The molecule has 5 aliphatic rings. The summed E-state index contributed by atoms with van der Waals surface area (Å²) in [4.78, 5) is 31.3. The van der Waals surface area contributed by atoms with Gasteiger partial charge in [0.1, 0.15) is 30.0 Å². The lowest BCUT2D eigenvalue weighted by Crippen LogP contribution is -2.69. The van der Waals surface area contributed by atoms with Crippen LogP contribution in [0.3, 0.4) is 0 Å². The maximum atomic E-state index is 13.7. The lowest BCUT2D eigenvalue weighted by atomic mass is 9.70. The Morgan fingerprint density at radius 3 is 2.48 bits per heavy atom. The van der Waals surface area contributed by atoms with Crippen molar-refractivity contribution in [3.8, 4) is 23.3 Å². The van der Waals surface area contributed by atoms with Crippen molar-refractivity contribution in [2.45, 2.75) is 102 Å². The maximum Gasteiger partial charge on any atom is 0.408 e. The third kappa shape index (κ3) is 4.91. The van der Waals surface area contributed by atoms with Crippen LogP contribution in [0, 0.1) is 39.0 Å². The van der Waals surface area contributed by atoms with E-state index < -0.39 is 35.8 Å². The van der Waals surface area contributed by atoms with Crippen molar-refractivity contribution in [3.05, 3.63) is 50.6 Å². The molecular formula is C36H44N4O7S. The smallest absolute Gasteiger partial charge is 0.408 e. The molecule has 11 nitrogen and oxygen atoms in total. The Bertz CT molecular complexity index is 1750. The van der Waals surface area contributed by atoms with Gasteiger partial charge in [0, 0.05) is 28.6 Å². The molecule has 1 N–H and O–H groups in total. The number of likely N-dealkylation sites (N-methyl/N-ethyl adjacent to an activating group) is 1. The molecule has 0 aliphatic carbocycles. The number of amides is 1.